The summed E-state index contributed by atoms with van der Waals surface area (Å²) < 4.78 is 2.24. The first kappa shape index (κ1) is 10.6. The molecule has 0 spiro atoms. The zero-order valence-electron chi connectivity index (χ0n) is 10.8. The highest BCUT2D eigenvalue weighted by molar-refractivity contribution is 5.88. The minimum Gasteiger partial charge on any atom is -0.392 e. The Balaban J connectivity index is 2.05. The van der Waals surface area contributed by atoms with Gasteiger partial charge in [0.05, 0.1) is 6.10 Å². The first-order chi connectivity index (χ1) is 8.75. The number of aryl methyl sites for hydroxylation is 1. The Labute approximate surface area is 107 Å². The second-order valence-corrected chi connectivity index (χ2v) is 6.00. The molecule has 1 fully saturated rings. The van der Waals surface area contributed by atoms with Crippen LogP contribution in [0.3, 0.4) is 0 Å². The third-order valence-corrected chi connectivity index (χ3v) is 4.99. The van der Waals surface area contributed by atoms with E-state index in [-0.39, 0.29) is 6.10 Å². The Morgan fingerprint density at radius 3 is 3.06 bits per heavy atom. The van der Waals surface area contributed by atoms with E-state index in [2.05, 4.69) is 36.0 Å². The van der Waals surface area contributed by atoms with E-state index < -0.39 is 0 Å². The van der Waals surface area contributed by atoms with Crippen molar-refractivity contribution in [1.82, 2.24) is 4.57 Å². The van der Waals surface area contributed by atoms with Crippen LogP contribution in [0.25, 0.3) is 10.9 Å². The van der Waals surface area contributed by atoms with Gasteiger partial charge in [-0.05, 0) is 42.4 Å². The first-order valence-corrected chi connectivity index (χ1v) is 7.00. The average Bonchev–Trinajstić information content (AvgIpc) is 2.68. The van der Waals surface area contributed by atoms with Crippen molar-refractivity contribution in [3.05, 3.63) is 35.5 Å². The van der Waals surface area contributed by atoms with E-state index in [1.54, 1.807) is 0 Å². The van der Waals surface area contributed by atoms with Crippen molar-refractivity contribution in [1.29, 1.82) is 0 Å². The average molecular weight is 241 g/mol. The topological polar surface area (TPSA) is 25.2 Å². The summed E-state index contributed by atoms with van der Waals surface area (Å²) in [6.07, 6.45) is 6.77. The van der Waals surface area contributed by atoms with Gasteiger partial charge < -0.3 is 9.67 Å². The number of aromatic nitrogens is 1. The fourth-order valence-electron chi connectivity index (χ4n) is 4.15. The van der Waals surface area contributed by atoms with Crippen molar-refractivity contribution >= 4 is 10.9 Å². The van der Waals surface area contributed by atoms with Gasteiger partial charge >= 0.3 is 0 Å². The number of rotatable bonds is 0. The third-order valence-electron chi connectivity index (χ3n) is 4.99. The monoisotopic (exact) mass is 241 g/mol. The van der Waals surface area contributed by atoms with Crippen molar-refractivity contribution in [2.75, 3.05) is 0 Å². The van der Waals surface area contributed by atoms with Crippen molar-refractivity contribution in [3.8, 4) is 0 Å². The van der Waals surface area contributed by atoms with Gasteiger partial charge in [-0.2, -0.15) is 0 Å². The smallest absolute Gasteiger partial charge is 0.0640 e. The van der Waals surface area contributed by atoms with E-state index in [0.29, 0.717) is 11.8 Å². The third kappa shape index (κ3) is 1.27. The van der Waals surface area contributed by atoms with Gasteiger partial charge in [-0.3, -0.25) is 0 Å². The van der Waals surface area contributed by atoms with Crippen LogP contribution in [0.1, 0.15) is 36.3 Å². The van der Waals surface area contributed by atoms with Gasteiger partial charge in [0.25, 0.3) is 0 Å². The summed E-state index contributed by atoms with van der Waals surface area (Å²) >= 11 is 0. The van der Waals surface area contributed by atoms with Crippen molar-refractivity contribution < 1.29 is 5.11 Å². The number of aliphatic hydroxyl groups is 1. The van der Waals surface area contributed by atoms with Crippen molar-refractivity contribution in [2.45, 2.75) is 37.7 Å². The fraction of sp³-hybridized carbons (Fsp3) is 0.500. The molecule has 1 N–H and O–H groups in total. The predicted octanol–water partition coefficient (Wildman–Crippen LogP) is 2.98. The lowest BCUT2D eigenvalue weighted by Gasteiger charge is -2.33. The van der Waals surface area contributed by atoms with Gasteiger partial charge in [0.15, 0.2) is 0 Å². The summed E-state index contributed by atoms with van der Waals surface area (Å²) in [6, 6.07) is 6.57. The molecule has 0 amide bonds. The molecule has 4 rings (SSSR count). The fourth-order valence-corrected chi connectivity index (χ4v) is 4.15. The Morgan fingerprint density at radius 1 is 1.28 bits per heavy atom. The number of hydrogen-bond acceptors (Lipinski definition) is 1. The normalized spacial score (nSPS) is 30.4. The van der Waals surface area contributed by atoms with E-state index in [0.717, 1.165) is 12.8 Å². The molecule has 0 saturated heterocycles. The molecule has 0 aliphatic heterocycles. The van der Waals surface area contributed by atoms with Gasteiger partial charge in [-0.1, -0.05) is 18.6 Å². The van der Waals surface area contributed by atoms with Gasteiger partial charge in [0, 0.05) is 30.1 Å². The molecule has 2 aromatic rings. The Hall–Kier alpha value is -1.28. The summed E-state index contributed by atoms with van der Waals surface area (Å²) in [5.74, 6) is 0.817. The zero-order valence-corrected chi connectivity index (χ0v) is 10.8. The minimum absolute atomic E-state index is 0.137. The Bertz CT molecular complexity index is 613. The highest BCUT2D eigenvalue weighted by Crippen LogP contribution is 2.45. The SMILES string of the molecule is Cn1cc2c3c(cccc31)[C@@H]1CCC[C@H](C2)[C@@H]1O. The maximum absolute atomic E-state index is 10.6. The van der Waals surface area contributed by atoms with Gasteiger partial charge in [0.1, 0.15) is 0 Å². The zero-order chi connectivity index (χ0) is 12.3. The summed E-state index contributed by atoms with van der Waals surface area (Å²) in [6.45, 7) is 0. The second-order valence-electron chi connectivity index (χ2n) is 6.00. The van der Waals surface area contributed by atoms with Crippen LogP contribution in [0, 0.1) is 5.92 Å². The lowest BCUT2D eigenvalue weighted by Crippen LogP contribution is -2.31. The minimum atomic E-state index is -0.137. The number of benzene rings is 1. The van der Waals surface area contributed by atoms with Crippen LogP contribution >= 0.6 is 0 Å². The van der Waals surface area contributed by atoms with Gasteiger partial charge in [-0.15, -0.1) is 0 Å². The molecule has 18 heavy (non-hydrogen) atoms. The molecule has 1 aromatic carbocycles. The van der Waals surface area contributed by atoms with Crippen LogP contribution in [-0.2, 0) is 13.5 Å². The van der Waals surface area contributed by atoms with Gasteiger partial charge in [0.2, 0.25) is 0 Å². The number of aliphatic hydroxyl groups excluding tert-OH is 1. The largest absolute Gasteiger partial charge is 0.392 e. The molecule has 0 unspecified atom stereocenters. The summed E-state index contributed by atoms with van der Waals surface area (Å²) in [5.41, 5.74) is 4.15. The molecule has 2 bridgehead atoms. The van der Waals surface area contributed by atoms with Crippen LogP contribution < -0.4 is 0 Å². The van der Waals surface area contributed by atoms with Crippen LogP contribution in [0.2, 0.25) is 0 Å². The summed E-state index contributed by atoms with van der Waals surface area (Å²) in [7, 11) is 2.13. The standard InChI is InChI=1S/C16H19NO/c1-17-9-11-8-10-4-2-6-13(16(10)18)12-5-3-7-14(17)15(11)12/h3,5,7,9-10,13,16,18H,2,4,6,8H2,1H3/t10-,13+,16+/m1/s1. The highest BCUT2D eigenvalue weighted by atomic mass is 16.3. The molecule has 2 aliphatic rings. The van der Waals surface area contributed by atoms with Crippen LogP contribution in [0.15, 0.2) is 24.4 Å². The molecule has 2 nitrogen and oxygen atoms in total. The van der Waals surface area contributed by atoms with Crippen molar-refractivity contribution in [3.63, 3.8) is 0 Å². The molecule has 94 valence electrons. The molecule has 2 heteroatoms. The second kappa shape index (κ2) is 3.61. The van der Waals surface area contributed by atoms with Crippen molar-refractivity contribution in [2.24, 2.45) is 13.0 Å². The molecule has 1 aromatic heterocycles. The Morgan fingerprint density at radius 2 is 2.17 bits per heavy atom. The lowest BCUT2D eigenvalue weighted by atomic mass is 9.76. The molecule has 0 radical (unpaired) electrons. The molecular weight excluding hydrogens is 222 g/mol. The van der Waals surface area contributed by atoms with Crippen LogP contribution in [0.5, 0.6) is 0 Å². The quantitative estimate of drug-likeness (QED) is 0.753. The van der Waals surface area contributed by atoms with E-state index in [9.17, 15) is 5.11 Å². The van der Waals surface area contributed by atoms with E-state index in [1.807, 2.05) is 0 Å². The number of hydrogen-bond donors (Lipinski definition) is 1. The summed E-state index contributed by atoms with van der Waals surface area (Å²) in [4.78, 5) is 0. The molecule has 3 atom stereocenters. The predicted molar refractivity (Wildman–Crippen MR) is 72.7 cm³/mol. The molecule has 1 saturated carbocycles. The maximum atomic E-state index is 10.6. The van der Waals surface area contributed by atoms with E-state index >= 15 is 0 Å². The van der Waals surface area contributed by atoms with Gasteiger partial charge in [-0.25, -0.2) is 0 Å². The summed E-state index contributed by atoms with van der Waals surface area (Å²) in [5, 5.41) is 12.0. The van der Waals surface area contributed by atoms with E-state index in [4.69, 9.17) is 0 Å². The Kier molecular flexibility index (Phi) is 2.13. The molecular formula is C16H19NO. The van der Waals surface area contributed by atoms with Crippen LogP contribution in [0.4, 0.5) is 0 Å². The highest BCUT2D eigenvalue weighted by Gasteiger charge is 2.37. The maximum Gasteiger partial charge on any atom is 0.0640 e. The lowest BCUT2D eigenvalue weighted by molar-refractivity contribution is 0.0513. The van der Waals surface area contributed by atoms with Crippen LogP contribution in [-0.4, -0.2) is 15.8 Å². The molecule has 1 heterocycles. The first-order valence-electron chi connectivity index (χ1n) is 7.00. The molecule has 2 aliphatic carbocycles. The number of nitrogens with zero attached hydrogens (tertiary/aromatic N) is 1. The van der Waals surface area contributed by atoms with E-state index in [1.165, 1.54) is 34.9 Å². The number of fused-ring (bicyclic) bond motifs is 3.